The third-order valence-electron chi connectivity index (χ3n) is 5.45. The average Bonchev–Trinajstić information content (AvgIpc) is 3.24. The summed E-state index contributed by atoms with van der Waals surface area (Å²) in [6.07, 6.45) is 2.47. The van der Waals surface area contributed by atoms with Gasteiger partial charge in [0.1, 0.15) is 0 Å². The van der Waals surface area contributed by atoms with Gasteiger partial charge in [-0.15, -0.1) is 0 Å². The first-order valence-electron chi connectivity index (χ1n) is 10.1. The molecule has 1 aliphatic carbocycles. The van der Waals surface area contributed by atoms with Crippen LogP contribution < -0.4 is 10.1 Å². The molecule has 1 heterocycles. The molecule has 9 heteroatoms. The van der Waals surface area contributed by atoms with Gasteiger partial charge in [-0.3, -0.25) is 19.9 Å². The molecule has 164 valence electrons. The molecular weight excluding hydrogens is 414 g/mol. The first-order valence-corrected chi connectivity index (χ1v) is 10.1. The highest BCUT2D eigenvalue weighted by Gasteiger charge is 2.25. The van der Waals surface area contributed by atoms with Crippen molar-refractivity contribution in [3.63, 3.8) is 0 Å². The van der Waals surface area contributed by atoms with E-state index < -0.39 is 23.4 Å². The predicted molar refractivity (Wildman–Crippen MR) is 117 cm³/mol. The molecular formula is C23H21N3O6. The van der Waals surface area contributed by atoms with Crippen molar-refractivity contribution in [1.29, 1.82) is 0 Å². The number of nitro groups is 1. The van der Waals surface area contributed by atoms with Crippen LogP contribution in [0.4, 0.5) is 11.4 Å². The smallest absolute Gasteiger partial charge is 0.339 e. The molecule has 0 fully saturated rings. The molecule has 1 amide bonds. The van der Waals surface area contributed by atoms with Crippen molar-refractivity contribution in [2.24, 2.45) is 0 Å². The summed E-state index contributed by atoms with van der Waals surface area (Å²) < 4.78 is 10.4. The van der Waals surface area contributed by atoms with E-state index in [-0.39, 0.29) is 11.4 Å². The number of nitro benzene ring substituents is 1. The lowest BCUT2D eigenvalue weighted by molar-refractivity contribution is -0.385. The van der Waals surface area contributed by atoms with Crippen LogP contribution in [-0.2, 0) is 22.4 Å². The van der Waals surface area contributed by atoms with Crippen LogP contribution in [0.5, 0.6) is 5.75 Å². The van der Waals surface area contributed by atoms with E-state index in [0.717, 1.165) is 36.0 Å². The van der Waals surface area contributed by atoms with E-state index in [9.17, 15) is 19.7 Å². The third kappa shape index (κ3) is 3.96. The Kier molecular flexibility index (Phi) is 5.72. The standard InChI is InChI=1S/C23H21N3O6/c1-13-10-19(26(29)30)20(31-2)11-18(13)25-21(27)12-32-23(28)22-14-6-3-4-8-16(14)24-17-9-5-7-15(17)22/h3-4,6,8,10-11H,5,7,9,12H2,1-2H3,(H,25,27). The van der Waals surface area contributed by atoms with Crippen molar-refractivity contribution >= 4 is 34.2 Å². The number of anilines is 1. The Morgan fingerprint density at radius 2 is 2.00 bits per heavy atom. The Morgan fingerprint density at radius 3 is 2.75 bits per heavy atom. The summed E-state index contributed by atoms with van der Waals surface area (Å²) in [4.78, 5) is 40.6. The number of ether oxygens (including phenoxy) is 2. The molecule has 32 heavy (non-hydrogen) atoms. The topological polar surface area (TPSA) is 121 Å². The highest BCUT2D eigenvalue weighted by molar-refractivity contribution is 6.06. The molecule has 0 spiro atoms. The Hall–Kier alpha value is -4.01. The number of pyridine rings is 1. The van der Waals surface area contributed by atoms with Gasteiger partial charge < -0.3 is 14.8 Å². The zero-order valence-corrected chi connectivity index (χ0v) is 17.6. The number of fused-ring (bicyclic) bond motifs is 2. The fraction of sp³-hybridized carbons (Fsp3) is 0.261. The van der Waals surface area contributed by atoms with Crippen molar-refractivity contribution in [2.75, 3.05) is 19.0 Å². The molecule has 0 aliphatic heterocycles. The summed E-state index contributed by atoms with van der Waals surface area (Å²) in [5.74, 6) is -1.12. The fourth-order valence-corrected chi connectivity index (χ4v) is 3.95. The monoisotopic (exact) mass is 435 g/mol. The molecule has 9 nitrogen and oxygen atoms in total. The first-order chi connectivity index (χ1) is 15.4. The number of carbonyl (C=O) groups is 2. The molecule has 4 rings (SSSR count). The van der Waals surface area contributed by atoms with E-state index >= 15 is 0 Å². The fourth-order valence-electron chi connectivity index (χ4n) is 3.95. The first kappa shape index (κ1) is 21.2. The van der Waals surface area contributed by atoms with Crippen LogP contribution in [0.15, 0.2) is 36.4 Å². The zero-order chi connectivity index (χ0) is 22.8. The largest absolute Gasteiger partial charge is 0.490 e. The molecule has 1 N–H and O–H groups in total. The number of rotatable bonds is 6. The van der Waals surface area contributed by atoms with Gasteiger partial charge in [-0.1, -0.05) is 18.2 Å². The van der Waals surface area contributed by atoms with Crippen LogP contribution in [0.1, 0.15) is 33.6 Å². The second-order valence-corrected chi connectivity index (χ2v) is 7.50. The normalized spacial score (nSPS) is 12.3. The van der Waals surface area contributed by atoms with Gasteiger partial charge in [0.2, 0.25) is 0 Å². The van der Waals surface area contributed by atoms with Crippen LogP contribution >= 0.6 is 0 Å². The summed E-state index contributed by atoms with van der Waals surface area (Å²) in [6.45, 7) is 1.13. The number of hydrogen-bond acceptors (Lipinski definition) is 7. The highest BCUT2D eigenvalue weighted by atomic mass is 16.6. The lowest BCUT2D eigenvalue weighted by Gasteiger charge is -2.13. The zero-order valence-electron chi connectivity index (χ0n) is 17.6. The van der Waals surface area contributed by atoms with E-state index in [1.807, 2.05) is 24.3 Å². The van der Waals surface area contributed by atoms with E-state index in [1.165, 1.54) is 19.2 Å². The molecule has 3 aromatic rings. The molecule has 2 aromatic carbocycles. The van der Waals surface area contributed by atoms with Crippen molar-refractivity contribution in [3.05, 3.63) is 68.9 Å². The lowest BCUT2D eigenvalue weighted by atomic mass is 10.0. The van der Waals surface area contributed by atoms with Gasteiger partial charge in [-0.25, -0.2) is 4.79 Å². The maximum atomic E-state index is 12.9. The van der Waals surface area contributed by atoms with Gasteiger partial charge in [0.15, 0.2) is 12.4 Å². The number of amides is 1. The number of carbonyl (C=O) groups excluding carboxylic acids is 2. The van der Waals surface area contributed by atoms with Gasteiger partial charge in [-0.2, -0.15) is 0 Å². The number of nitrogens with one attached hydrogen (secondary N) is 1. The summed E-state index contributed by atoms with van der Waals surface area (Å²) in [6, 6.07) is 10.1. The van der Waals surface area contributed by atoms with E-state index in [1.54, 1.807) is 6.92 Å². The van der Waals surface area contributed by atoms with Crippen molar-refractivity contribution in [3.8, 4) is 5.75 Å². The summed E-state index contributed by atoms with van der Waals surface area (Å²) in [7, 11) is 1.31. The molecule has 0 saturated carbocycles. The second-order valence-electron chi connectivity index (χ2n) is 7.50. The Morgan fingerprint density at radius 1 is 1.22 bits per heavy atom. The van der Waals surface area contributed by atoms with Gasteiger partial charge in [-0.05, 0) is 43.4 Å². The van der Waals surface area contributed by atoms with Gasteiger partial charge in [0.25, 0.3) is 5.91 Å². The minimum Gasteiger partial charge on any atom is -0.490 e. The van der Waals surface area contributed by atoms with Crippen molar-refractivity contribution in [2.45, 2.75) is 26.2 Å². The Labute approximate surface area is 183 Å². The molecule has 0 bridgehead atoms. The Balaban J connectivity index is 1.51. The molecule has 0 saturated heterocycles. The van der Waals surface area contributed by atoms with Crippen molar-refractivity contribution in [1.82, 2.24) is 4.98 Å². The maximum Gasteiger partial charge on any atom is 0.339 e. The van der Waals surface area contributed by atoms with E-state index in [2.05, 4.69) is 10.3 Å². The number of benzene rings is 2. The number of aryl methyl sites for hydroxylation is 2. The van der Waals surface area contributed by atoms with Gasteiger partial charge in [0, 0.05) is 28.9 Å². The number of methoxy groups -OCH3 is 1. The average molecular weight is 435 g/mol. The minimum absolute atomic E-state index is 0.0201. The Bertz CT molecular complexity index is 1250. The number of para-hydroxylation sites is 1. The van der Waals surface area contributed by atoms with Crippen LogP contribution in [-0.4, -0.2) is 35.5 Å². The molecule has 1 aromatic heterocycles. The summed E-state index contributed by atoms with van der Waals surface area (Å²) >= 11 is 0. The molecule has 0 atom stereocenters. The number of nitrogens with zero attached hydrogens (tertiary/aromatic N) is 2. The molecule has 0 unspecified atom stereocenters. The quantitative estimate of drug-likeness (QED) is 0.356. The van der Waals surface area contributed by atoms with Crippen LogP contribution in [0.25, 0.3) is 10.9 Å². The molecule has 0 radical (unpaired) electrons. The van der Waals surface area contributed by atoms with E-state index in [4.69, 9.17) is 9.47 Å². The molecule has 1 aliphatic rings. The lowest BCUT2D eigenvalue weighted by Crippen LogP contribution is -2.22. The predicted octanol–water partition coefficient (Wildman–Crippen LogP) is 3.74. The number of esters is 1. The maximum absolute atomic E-state index is 12.9. The summed E-state index contributed by atoms with van der Waals surface area (Å²) in [5.41, 5.74) is 3.58. The highest BCUT2D eigenvalue weighted by Crippen LogP contribution is 2.33. The minimum atomic E-state index is -0.574. The van der Waals surface area contributed by atoms with E-state index in [0.29, 0.717) is 22.2 Å². The second kappa shape index (κ2) is 8.62. The summed E-state index contributed by atoms with van der Waals surface area (Å²) in [5, 5.41) is 14.4. The van der Waals surface area contributed by atoms with Crippen LogP contribution in [0.3, 0.4) is 0 Å². The number of hydrogen-bond donors (Lipinski definition) is 1. The number of aromatic nitrogens is 1. The van der Waals surface area contributed by atoms with Gasteiger partial charge >= 0.3 is 11.7 Å². The third-order valence-corrected chi connectivity index (χ3v) is 5.45. The van der Waals surface area contributed by atoms with Gasteiger partial charge in [0.05, 0.1) is 23.1 Å². The van der Waals surface area contributed by atoms with Crippen LogP contribution in [0, 0.1) is 17.0 Å². The SMILES string of the molecule is COc1cc(NC(=O)COC(=O)c2c3c(nc4ccccc24)CCC3)c(C)cc1[N+](=O)[O-]. The van der Waals surface area contributed by atoms with Crippen LogP contribution in [0.2, 0.25) is 0 Å². The van der Waals surface area contributed by atoms with Crippen molar-refractivity contribution < 1.29 is 24.0 Å².